The summed E-state index contributed by atoms with van der Waals surface area (Å²) in [6.45, 7) is 2.93. The standard InChI is InChI=1S/C15H23ClN2O/c1-11-3-2-4-12(9-11)15(18-17)10-19-14-7-5-13(16)6-8-14/h5-8,11-12,15,18H,2-4,9-10,17H2,1H3. The van der Waals surface area contributed by atoms with Crippen molar-refractivity contribution in [3.63, 3.8) is 0 Å². The van der Waals surface area contributed by atoms with E-state index in [0.717, 1.165) is 16.7 Å². The van der Waals surface area contributed by atoms with E-state index in [1.54, 1.807) is 0 Å². The van der Waals surface area contributed by atoms with Crippen LogP contribution < -0.4 is 16.0 Å². The number of ether oxygens (including phenoxy) is 1. The minimum absolute atomic E-state index is 0.221. The second-order valence-electron chi connectivity index (χ2n) is 5.57. The van der Waals surface area contributed by atoms with Gasteiger partial charge in [-0.2, -0.15) is 0 Å². The van der Waals surface area contributed by atoms with Crippen molar-refractivity contribution in [2.75, 3.05) is 6.61 Å². The van der Waals surface area contributed by atoms with Gasteiger partial charge in [-0.15, -0.1) is 0 Å². The minimum atomic E-state index is 0.221. The number of halogens is 1. The zero-order valence-corrected chi connectivity index (χ0v) is 12.2. The van der Waals surface area contributed by atoms with Crippen LogP contribution in [-0.4, -0.2) is 12.6 Å². The Labute approximate surface area is 120 Å². The molecule has 3 atom stereocenters. The number of benzene rings is 1. The van der Waals surface area contributed by atoms with Crippen LogP contribution in [0.3, 0.4) is 0 Å². The van der Waals surface area contributed by atoms with Crippen LogP contribution in [0.4, 0.5) is 0 Å². The molecular formula is C15H23ClN2O. The first-order chi connectivity index (χ1) is 9.19. The maximum Gasteiger partial charge on any atom is 0.119 e. The fraction of sp³-hybridized carbons (Fsp3) is 0.600. The lowest BCUT2D eigenvalue weighted by molar-refractivity contribution is 0.165. The largest absolute Gasteiger partial charge is 0.492 e. The third-order valence-electron chi connectivity index (χ3n) is 4.00. The van der Waals surface area contributed by atoms with Crippen molar-refractivity contribution in [3.05, 3.63) is 29.3 Å². The van der Waals surface area contributed by atoms with Gasteiger partial charge >= 0.3 is 0 Å². The highest BCUT2D eigenvalue weighted by Gasteiger charge is 2.26. The lowest BCUT2D eigenvalue weighted by Gasteiger charge is -2.32. The summed E-state index contributed by atoms with van der Waals surface area (Å²) >= 11 is 5.85. The number of nitrogens with one attached hydrogen (secondary N) is 1. The van der Waals surface area contributed by atoms with Gasteiger partial charge in [-0.25, -0.2) is 0 Å². The maximum absolute atomic E-state index is 5.85. The summed E-state index contributed by atoms with van der Waals surface area (Å²) in [5.74, 6) is 7.94. The first kappa shape index (κ1) is 14.6. The second-order valence-corrected chi connectivity index (χ2v) is 6.01. The van der Waals surface area contributed by atoms with E-state index in [2.05, 4.69) is 12.3 Å². The first-order valence-electron chi connectivity index (χ1n) is 7.03. The van der Waals surface area contributed by atoms with Gasteiger partial charge in [0.05, 0.1) is 6.04 Å². The number of hydrogen-bond acceptors (Lipinski definition) is 3. The molecule has 0 spiro atoms. The lowest BCUT2D eigenvalue weighted by atomic mass is 9.79. The first-order valence-corrected chi connectivity index (χ1v) is 7.41. The molecule has 0 amide bonds. The highest BCUT2D eigenvalue weighted by molar-refractivity contribution is 6.30. The molecule has 0 saturated heterocycles. The van der Waals surface area contributed by atoms with Gasteiger partial charge in [-0.1, -0.05) is 31.4 Å². The Balaban J connectivity index is 1.86. The summed E-state index contributed by atoms with van der Waals surface area (Å²) in [5.41, 5.74) is 2.92. The summed E-state index contributed by atoms with van der Waals surface area (Å²) < 4.78 is 5.80. The molecule has 1 aliphatic carbocycles. The molecule has 19 heavy (non-hydrogen) atoms. The topological polar surface area (TPSA) is 47.3 Å². The molecular weight excluding hydrogens is 260 g/mol. The quantitative estimate of drug-likeness (QED) is 0.643. The normalized spacial score (nSPS) is 25.0. The molecule has 3 unspecified atom stereocenters. The van der Waals surface area contributed by atoms with Crippen LogP contribution in [0.1, 0.15) is 32.6 Å². The Morgan fingerprint density at radius 3 is 2.74 bits per heavy atom. The summed E-state index contributed by atoms with van der Waals surface area (Å²) in [5, 5.41) is 0.724. The van der Waals surface area contributed by atoms with Crippen LogP contribution in [0.2, 0.25) is 5.02 Å². The van der Waals surface area contributed by atoms with Crippen molar-refractivity contribution < 1.29 is 4.74 Å². The van der Waals surface area contributed by atoms with Crippen molar-refractivity contribution in [2.24, 2.45) is 17.7 Å². The van der Waals surface area contributed by atoms with Crippen molar-refractivity contribution in [1.29, 1.82) is 0 Å². The van der Waals surface area contributed by atoms with E-state index in [1.807, 2.05) is 24.3 Å². The van der Waals surface area contributed by atoms with Gasteiger partial charge in [-0.05, 0) is 48.9 Å². The summed E-state index contributed by atoms with van der Waals surface area (Å²) in [4.78, 5) is 0. The van der Waals surface area contributed by atoms with Crippen LogP contribution in [0.15, 0.2) is 24.3 Å². The Morgan fingerprint density at radius 1 is 1.37 bits per heavy atom. The summed E-state index contributed by atoms with van der Waals surface area (Å²) in [6, 6.07) is 7.67. The predicted molar refractivity (Wildman–Crippen MR) is 79.2 cm³/mol. The van der Waals surface area contributed by atoms with Crippen LogP contribution in [0, 0.1) is 11.8 Å². The average Bonchev–Trinajstić information content (AvgIpc) is 2.42. The average molecular weight is 283 g/mol. The number of hydrogen-bond donors (Lipinski definition) is 2. The Hall–Kier alpha value is -0.770. The molecule has 0 aliphatic heterocycles. The van der Waals surface area contributed by atoms with E-state index in [4.69, 9.17) is 22.2 Å². The highest BCUT2D eigenvalue weighted by Crippen LogP contribution is 2.31. The van der Waals surface area contributed by atoms with Crippen LogP contribution in [0.5, 0.6) is 5.75 Å². The number of rotatable bonds is 5. The van der Waals surface area contributed by atoms with Gasteiger partial charge in [0, 0.05) is 5.02 Å². The van der Waals surface area contributed by atoms with Gasteiger partial charge in [0.25, 0.3) is 0 Å². The van der Waals surface area contributed by atoms with Crippen molar-refractivity contribution >= 4 is 11.6 Å². The van der Waals surface area contributed by atoms with Gasteiger partial charge < -0.3 is 4.74 Å². The molecule has 0 aromatic heterocycles. The van der Waals surface area contributed by atoms with Gasteiger partial charge in [-0.3, -0.25) is 11.3 Å². The Bertz CT molecular complexity index is 382. The molecule has 0 radical (unpaired) electrons. The fourth-order valence-corrected chi connectivity index (χ4v) is 3.01. The molecule has 1 fully saturated rings. The molecule has 1 aromatic rings. The number of nitrogens with two attached hydrogens (primary N) is 1. The van der Waals surface area contributed by atoms with E-state index in [1.165, 1.54) is 25.7 Å². The molecule has 0 heterocycles. The third-order valence-corrected chi connectivity index (χ3v) is 4.26. The van der Waals surface area contributed by atoms with Crippen LogP contribution >= 0.6 is 11.6 Å². The van der Waals surface area contributed by atoms with E-state index in [-0.39, 0.29) is 6.04 Å². The van der Waals surface area contributed by atoms with Crippen molar-refractivity contribution in [3.8, 4) is 5.75 Å². The minimum Gasteiger partial charge on any atom is -0.492 e. The zero-order chi connectivity index (χ0) is 13.7. The molecule has 0 bridgehead atoms. The summed E-state index contributed by atoms with van der Waals surface area (Å²) in [7, 11) is 0. The van der Waals surface area contributed by atoms with Gasteiger partial charge in [0.2, 0.25) is 0 Å². The predicted octanol–water partition coefficient (Wildman–Crippen LogP) is 3.38. The highest BCUT2D eigenvalue weighted by atomic mass is 35.5. The molecule has 1 aromatic carbocycles. The molecule has 1 saturated carbocycles. The second kappa shape index (κ2) is 7.13. The van der Waals surface area contributed by atoms with E-state index >= 15 is 0 Å². The number of hydrazine groups is 1. The van der Waals surface area contributed by atoms with Crippen molar-refractivity contribution in [2.45, 2.75) is 38.6 Å². The Kier molecular flexibility index (Phi) is 5.49. The van der Waals surface area contributed by atoms with E-state index in [0.29, 0.717) is 12.5 Å². The van der Waals surface area contributed by atoms with Crippen molar-refractivity contribution in [1.82, 2.24) is 5.43 Å². The van der Waals surface area contributed by atoms with Gasteiger partial charge in [0.1, 0.15) is 12.4 Å². The molecule has 2 rings (SSSR count). The van der Waals surface area contributed by atoms with E-state index < -0.39 is 0 Å². The molecule has 4 heteroatoms. The SMILES string of the molecule is CC1CCCC(C(COc2ccc(Cl)cc2)NN)C1. The lowest BCUT2D eigenvalue weighted by Crippen LogP contribution is -2.46. The molecule has 3 N–H and O–H groups in total. The smallest absolute Gasteiger partial charge is 0.119 e. The van der Waals surface area contributed by atoms with Crippen LogP contribution in [-0.2, 0) is 0 Å². The molecule has 1 aliphatic rings. The third kappa shape index (κ3) is 4.37. The van der Waals surface area contributed by atoms with E-state index in [9.17, 15) is 0 Å². The summed E-state index contributed by atoms with van der Waals surface area (Å²) in [6.07, 6.45) is 5.11. The Morgan fingerprint density at radius 2 is 2.11 bits per heavy atom. The monoisotopic (exact) mass is 282 g/mol. The fourth-order valence-electron chi connectivity index (χ4n) is 2.88. The zero-order valence-electron chi connectivity index (χ0n) is 11.4. The molecule has 3 nitrogen and oxygen atoms in total. The molecule has 106 valence electrons. The van der Waals surface area contributed by atoms with Crippen LogP contribution in [0.25, 0.3) is 0 Å². The van der Waals surface area contributed by atoms with Gasteiger partial charge in [0.15, 0.2) is 0 Å². The maximum atomic E-state index is 5.85.